The summed E-state index contributed by atoms with van der Waals surface area (Å²) in [4.78, 5) is 38.5. The smallest absolute Gasteiger partial charge is 0.306 e. The highest BCUT2D eigenvalue weighted by molar-refractivity contribution is 5.71. The van der Waals surface area contributed by atoms with Crippen molar-refractivity contribution < 1.29 is 28.6 Å². The van der Waals surface area contributed by atoms with E-state index in [0.717, 1.165) is 96.3 Å². The third-order valence-corrected chi connectivity index (χ3v) is 16.2. The summed E-state index contributed by atoms with van der Waals surface area (Å²) in [5, 5.41) is 0. The Kier molecular flexibility index (Phi) is 68.6. The maximum Gasteiger partial charge on any atom is 0.306 e. The highest BCUT2D eigenvalue weighted by Gasteiger charge is 2.19. The summed E-state index contributed by atoms with van der Waals surface area (Å²) in [6, 6.07) is 0. The van der Waals surface area contributed by atoms with Gasteiger partial charge in [0.25, 0.3) is 0 Å². The van der Waals surface area contributed by atoms with Gasteiger partial charge in [0.1, 0.15) is 13.2 Å². The van der Waals surface area contributed by atoms with Gasteiger partial charge in [-0.15, -0.1) is 0 Å². The third kappa shape index (κ3) is 69.5. The van der Waals surface area contributed by atoms with Gasteiger partial charge in [0, 0.05) is 19.3 Å². The SMILES string of the molecule is CC/C=C\C/C=C\C/C=C\C/C=C\C/C=C\CCCCCCCCCCCC(=O)OCC(COC(=O)CCCCCCCCC/C=C\CCCCCCCCC)OC(=O)CCCCCCCCCCCCCCCCCCCCCCCC. The van der Waals surface area contributed by atoms with Gasteiger partial charge in [-0.25, -0.2) is 0 Å². The van der Waals surface area contributed by atoms with E-state index in [4.69, 9.17) is 14.2 Å². The van der Waals surface area contributed by atoms with Crippen LogP contribution in [-0.4, -0.2) is 37.2 Å². The second kappa shape index (κ2) is 71.3. The van der Waals surface area contributed by atoms with Crippen LogP contribution >= 0.6 is 0 Å². The van der Waals surface area contributed by atoms with Crippen LogP contribution in [0.4, 0.5) is 0 Å². The summed E-state index contributed by atoms with van der Waals surface area (Å²) < 4.78 is 17.0. The lowest BCUT2D eigenvalue weighted by molar-refractivity contribution is -0.167. The van der Waals surface area contributed by atoms with Crippen LogP contribution in [-0.2, 0) is 28.6 Å². The van der Waals surface area contributed by atoms with Crippen molar-refractivity contribution in [2.24, 2.45) is 0 Å². The summed E-state index contributed by atoms with van der Waals surface area (Å²) >= 11 is 0. The molecule has 83 heavy (non-hydrogen) atoms. The lowest BCUT2D eigenvalue weighted by Crippen LogP contribution is -2.30. The first-order valence-corrected chi connectivity index (χ1v) is 36.4. The topological polar surface area (TPSA) is 78.9 Å². The fraction of sp³-hybridized carbons (Fsp3) is 0.805. The fourth-order valence-corrected chi connectivity index (χ4v) is 10.8. The van der Waals surface area contributed by atoms with Crippen LogP contribution in [0.1, 0.15) is 380 Å². The van der Waals surface area contributed by atoms with Crippen molar-refractivity contribution >= 4 is 17.9 Å². The van der Waals surface area contributed by atoms with Gasteiger partial charge in [-0.3, -0.25) is 14.4 Å². The molecule has 0 saturated heterocycles. The van der Waals surface area contributed by atoms with Gasteiger partial charge in [-0.2, -0.15) is 0 Å². The van der Waals surface area contributed by atoms with Gasteiger partial charge in [-0.1, -0.05) is 344 Å². The van der Waals surface area contributed by atoms with E-state index in [0.29, 0.717) is 19.3 Å². The van der Waals surface area contributed by atoms with E-state index in [1.165, 1.54) is 244 Å². The molecule has 0 aromatic rings. The minimum atomic E-state index is -0.780. The average molecular weight is 1160 g/mol. The number of hydrogen-bond acceptors (Lipinski definition) is 6. The zero-order valence-electron chi connectivity index (χ0n) is 55.5. The minimum absolute atomic E-state index is 0.0753. The zero-order valence-corrected chi connectivity index (χ0v) is 55.5. The predicted octanol–water partition coefficient (Wildman–Crippen LogP) is 25.2. The van der Waals surface area contributed by atoms with Crippen molar-refractivity contribution in [1.29, 1.82) is 0 Å². The molecule has 0 spiro atoms. The molecule has 1 atom stereocenters. The summed E-state index contributed by atoms with van der Waals surface area (Å²) in [6.07, 6.45) is 93.5. The van der Waals surface area contributed by atoms with Gasteiger partial charge in [0.2, 0.25) is 0 Å². The van der Waals surface area contributed by atoms with E-state index in [1.807, 2.05) is 0 Å². The van der Waals surface area contributed by atoms with Crippen LogP contribution in [0, 0.1) is 0 Å². The number of rotatable bonds is 67. The monoisotopic (exact) mass is 1160 g/mol. The fourth-order valence-electron chi connectivity index (χ4n) is 10.8. The molecule has 0 saturated carbocycles. The zero-order chi connectivity index (χ0) is 59.9. The van der Waals surface area contributed by atoms with E-state index in [2.05, 4.69) is 93.7 Å². The predicted molar refractivity (Wildman–Crippen MR) is 362 cm³/mol. The molecular weight excluding hydrogens is 1020 g/mol. The van der Waals surface area contributed by atoms with Crippen LogP contribution in [0.3, 0.4) is 0 Å². The maximum atomic E-state index is 13.0. The second-order valence-electron chi connectivity index (χ2n) is 24.5. The van der Waals surface area contributed by atoms with E-state index in [9.17, 15) is 14.4 Å². The highest BCUT2D eigenvalue weighted by atomic mass is 16.6. The van der Waals surface area contributed by atoms with E-state index >= 15 is 0 Å². The quantitative estimate of drug-likeness (QED) is 0.0261. The molecule has 1 unspecified atom stereocenters. The Bertz CT molecular complexity index is 1520. The molecule has 0 heterocycles. The molecule has 0 bridgehead atoms. The molecule has 0 aromatic carbocycles. The van der Waals surface area contributed by atoms with Gasteiger partial charge >= 0.3 is 17.9 Å². The number of allylic oxidation sites excluding steroid dienone is 12. The first-order chi connectivity index (χ1) is 41.0. The number of carbonyl (C=O) groups is 3. The molecule has 0 aromatic heterocycles. The molecule has 0 radical (unpaired) electrons. The van der Waals surface area contributed by atoms with Gasteiger partial charge in [-0.05, 0) is 89.9 Å². The number of carbonyl (C=O) groups excluding carboxylic acids is 3. The van der Waals surface area contributed by atoms with Crippen LogP contribution in [0.5, 0.6) is 0 Å². The van der Waals surface area contributed by atoms with Crippen LogP contribution in [0.15, 0.2) is 72.9 Å². The van der Waals surface area contributed by atoms with Gasteiger partial charge in [0.05, 0.1) is 0 Å². The van der Waals surface area contributed by atoms with Crippen LogP contribution in [0.25, 0.3) is 0 Å². The molecule has 0 fully saturated rings. The summed E-state index contributed by atoms with van der Waals surface area (Å²) in [7, 11) is 0. The maximum absolute atomic E-state index is 13.0. The lowest BCUT2D eigenvalue weighted by Gasteiger charge is -2.18. The largest absolute Gasteiger partial charge is 0.462 e. The van der Waals surface area contributed by atoms with Crippen molar-refractivity contribution in [3.63, 3.8) is 0 Å². The van der Waals surface area contributed by atoms with Crippen LogP contribution in [0.2, 0.25) is 0 Å². The van der Waals surface area contributed by atoms with Crippen molar-refractivity contribution in [1.82, 2.24) is 0 Å². The lowest BCUT2D eigenvalue weighted by atomic mass is 10.0. The number of hydrogen-bond donors (Lipinski definition) is 0. The molecule has 0 rings (SSSR count). The van der Waals surface area contributed by atoms with E-state index in [-0.39, 0.29) is 31.1 Å². The third-order valence-electron chi connectivity index (χ3n) is 16.2. The summed E-state index contributed by atoms with van der Waals surface area (Å²) in [6.45, 7) is 6.59. The number of esters is 3. The Morgan fingerprint density at radius 2 is 0.470 bits per heavy atom. The summed E-state index contributed by atoms with van der Waals surface area (Å²) in [5.74, 6) is -0.860. The molecule has 0 N–H and O–H groups in total. The number of unbranched alkanes of at least 4 members (excludes halogenated alkanes) is 44. The first-order valence-electron chi connectivity index (χ1n) is 36.4. The first kappa shape index (κ1) is 79.8. The second-order valence-corrected chi connectivity index (χ2v) is 24.5. The molecule has 6 nitrogen and oxygen atoms in total. The normalized spacial score (nSPS) is 12.5. The Balaban J connectivity index is 4.34. The highest BCUT2D eigenvalue weighted by Crippen LogP contribution is 2.18. The van der Waals surface area contributed by atoms with Crippen molar-refractivity contribution in [3.8, 4) is 0 Å². The Labute approximate surface area is 516 Å². The standard InChI is InChI=1S/C77H138O6/c1-4-7-10-13-16-19-22-25-28-31-34-36-38-39-40-42-43-46-49-52-55-58-61-64-67-70-76(79)82-73-74(72-81-75(78)69-66-63-60-57-54-51-48-45-33-30-27-24-21-18-15-12-9-6-3)83-77(80)71-68-65-62-59-56-53-50-47-44-41-37-35-32-29-26-23-20-17-14-11-8-5-2/h7,10,16,19,25,28,30,33-34,36,39-40,74H,4-6,8-9,11-15,17-18,20-24,26-27,29,31-32,35,37-38,41-73H2,1-3H3/b10-7-,19-16-,28-25-,33-30-,36-34-,40-39-. The molecule has 0 aliphatic rings. The minimum Gasteiger partial charge on any atom is -0.462 e. The Morgan fingerprint density at radius 3 is 0.747 bits per heavy atom. The molecule has 0 aliphatic heterocycles. The van der Waals surface area contributed by atoms with Crippen molar-refractivity contribution in [2.75, 3.05) is 13.2 Å². The van der Waals surface area contributed by atoms with E-state index in [1.54, 1.807) is 0 Å². The van der Waals surface area contributed by atoms with Gasteiger partial charge < -0.3 is 14.2 Å². The number of ether oxygens (including phenoxy) is 3. The molecule has 6 heteroatoms. The Morgan fingerprint density at radius 1 is 0.253 bits per heavy atom. The molecule has 0 amide bonds. The van der Waals surface area contributed by atoms with Crippen molar-refractivity contribution in [3.05, 3.63) is 72.9 Å². The molecule has 482 valence electrons. The van der Waals surface area contributed by atoms with E-state index < -0.39 is 6.10 Å². The van der Waals surface area contributed by atoms with Crippen LogP contribution < -0.4 is 0 Å². The summed E-state index contributed by atoms with van der Waals surface area (Å²) in [5.41, 5.74) is 0. The van der Waals surface area contributed by atoms with Gasteiger partial charge in [0.15, 0.2) is 6.10 Å². The average Bonchev–Trinajstić information content (AvgIpc) is 3.50. The molecule has 0 aliphatic carbocycles. The Hall–Kier alpha value is -3.15. The molecular formula is C77H138O6. The van der Waals surface area contributed by atoms with Crippen molar-refractivity contribution in [2.45, 2.75) is 386 Å².